The summed E-state index contributed by atoms with van der Waals surface area (Å²) in [5.41, 5.74) is 3.16. The third-order valence-corrected chi connectivity index (χ3v) is 5.80. The van der Waals surface area contributed by atoms with Crippen LogP contribution in [0.3, 0.4) is 0 Å². The molecule has 0 radical (unpaired) electrons. The van der Waals surface area contributed by atoms with Crippen molar-refractivity contribution in [2.24, 2.45) is 5.41 Å². The van der Waals surface area contributed by atoms with E-state index in [4.69, 9.17) is 11.6 Å². The molecule has 2 heterocycles. The highest BCUT2D eigenvalue weighted by atomic mass is 35.5. The molecule has 1 amide bonds. The number of rotatable bonds is 4. The smallest absolute Gasteiger partial charge is 0.255 e. The van der Waals surface area contributed by atoms with Crippen LogP contribution in [0.15, 0.2) is 48.5 Å². The summed E-state index contributed by atoms with van der Waals surface area (Å²) in [7, 11) is 0. The highest BCUT2D eigenvalue weighted by molar-refractivity contribution is 6.30. The average molecular weight is 370 g/mol. The van der Waals surface area contributed by atoms with E-state index in [0.717, 1.165) is 31.9 Å². The Bertz CT molecular complexity index is 784. The number of carbonyl (C=O) groups is 1. The summed E-state index contributed by atoms with van der Waals surface area (Å²) in [4.78, 5) is 14.9. The lowest BCUT2D eigenvalue weighted by molar-refractivity contribution is 0.102. The van der Waals surface area contributed by atoms with Crippen LogP contribution in [-0.2, 0) is 6.54 Å². The molecule has 2 aromatic rings. The number of nitrogens with one attached hydrogen (secondary N) is 2. The van der Waals surface area contributed by atoms with Gasteiger partial charge in [0.15, 0.2) is 0 Å². The zero-order chi connectivity index (χ0) is 18.0. The highest BCUT2D eigenvalue weighted by Gasteiger charge is 2.39. The Morgan fingerprint density at radius 2 is 2.04 bits per heavy atom. The Kier molecular flexibility index (Phi) is 4.98. The average Bonchev–Trinajstić information content (AvgIpc) is 3.25. The predicted molar refractivity (Wildman–Crippen MR) is 106 cm³/mol. The lowest BCUT2D eigenvalue weighted by Gasteiger charge is -2.23. The molecule has 4 rings (SSSR count). The predicted octanol–water partition coefficient (Wildman–Crippen LogP) is 3.78. The van der Waals surface area contributed by atoms with E-state index in [1.54, 1.807) is 24.3 Å². The Hall–Kier alpha value is -1.88. The molecule has 0 bridgehead atoms. The summed E-state index contributed by atoms with van der Waals surface area (Å²) in [6.45, 7) is 5.57. The van der Waals surface area contributed by atoms with Gasteiger partial charge >= 0.3 is 0 Å². The van der Waals surface area contributed by atoms with Crippen LogP contribution in [0, 0.1) is 5.41 Å². The van der Waals surface area contributed by atoms with E-state index < -0.39 is 0 Å². The van der Waals surface area contributed by atoms with Crippen molar-refractivity contribution in [3.63, 3.8) is 0 Å². The van der Waals surface area contributed by atoms with Crippen molar-refractivity contribution in [3.8, 4) is 0 Å². The maximum atomic E-state index is 12.4. The van der Waals surface area contributed by atoms with Crippen LogP contribution in [0.2, 0.25) is 5.02 Å². The van der Waals surface area contributed by atoms with Crippen LogP contribution < -0.4 is 10.6 Å². The molecule has 1 spiro atoms. The number of benzene rings is 2. The fourth-order valence-electron chi connectivity index (χ4n) is 4.12. The summed E-state index contributed by atoms with van der Waals surface area (Å²) in [6.07, 6.45) is 2.58. The van der Waals surface area contributed by atoms with Crippen molar-refractivity contribution in [1.29, 1.82) is 0 Å². The van der Waals surface area contributed by atoms with E-state index in [1.807, 2.05) is 12.1 Å². The van der Waals surface area contributed by atoms with Gasteiger partial charge in [0, 0.05) is 35.9 Å². The fourth-order valence-corrected chi connectivity index (χ4v) is 4.24. The lowest BCUT2D eigenvalue weighted by Crippen LogP contribution is -2.28. The van der Waals surface area contributed by atoms with Crippen molar-refractivity contribution < 1.29 is 4.79 Å². The molecule has 0 aliphatic carbocycles. The summed E-state index contributed by atoms with van der Waals surface area (Å²) in [5, 5.41) is 7.12. The molecule has 4 nitrogen and oxygen atoms in total. The number of amides is 1. The number of hydrogen-bond acceptors (Lipinski definition) is 3. The third-order valence-electron chi connectivity index (χ3n) is 5.55. The Balaban J connectivity index is 1.39. The second-order valence-electron chi connectivity index (χ2n) is 7.55. The first kappa shape index (κ1) is 17.5. The number of halogens is 1. The van der Waals surface area contributed by atoms with Gasteiger partial charge in [0.05, 0.1) is 0 Å². The summed E-state index contributed by atoms with van der Waals surface area (Å²) >= 11 is 5.88. The van der Waals surface area contributed by atoms with Crippen molar-refractivity contribution in [3.05, 3.63) is 64.7 Å². The van der Waals surface area contributed by atoms with Gasteiger partial charge in [-0.2, -0.15) is 0 Å². The van der Waals surface area contributed by atoms with Gasteiger partial charge in [-0.25, -0.2) is 0 Å². The molecule has 26 heavy (non-hydrogen) atoms. The minimum Gasteiger partial charge on any atom is -0.322 e. The first-order valence-electron chi connectivity index (χ1n) is 9.21. The van der Waals surface area contributed by atoms with Crippen molar-refractivity contribution in [2.75, 3.05) is 31.5 Å². The topological polar surface area (TPSA) is 44.4 Å². The van der Waals surface area contributed by atoms with E-state index in [1.165, 1.54) is 24.9 Å². The second-order valence-corrected chi connectivity index (χ2v) is 7.99. The van der Waals surface area contributed by atoms with Gasteiger partial charge in [0.2, 0.25) is 0 Å². The van der Waals surface area contributed by atoms with E-state index in [2.05, 4.69) is 27.7 Å². The second kappa shape index (κ2) is 7.39. The maximum absolute atomic E-state index is 12.4. The van der Waals surface area contributed by atoms with Crippen LogP contribution in [0.25, 0.3) is 0 Å². The van der Waals surface area contributed by atoms with E-state index in [9.17, 15) is 4.79 Å². The molecule has 2 aromatic carbocycles. The molecular weight excluding hydrogens is 346 g/mol. The SMILES string of the molecule is O=C(Nc1cccc(CN2CCC3(CCNC3)C2)c1)c1ccc(Cl)cc1. The molecule has 136 valence electrons. The van der Waals surface area contributed by atoms with Crippen molar-refractivity contribution >= 4 is 23.2 Å². The van der Waals surface area contributed by atoms with E-state index >= 15 is 0 Å². The number of nitrogens with zero attached hydrogens (tertiary/aromatic N) is 1. The minimum atomic E-state index is -0.115. The molecule has 2 aliphatic rings. The van der Waals surface area contributed by atoms with Crippen molar-refractivity contribution in [1.82, 2.24) is 10.2 Å². The molecule has 2 fully saturated rings. The zero-order valence-corrected chi connectivity index (χ0v) is 15.6. The summed E-state index contributed by atoms with van der Waals surface area (Å²) < 4.78 is 0. The van der Waals surface area contributed by atoms with Crippen LogP contribution in [0.4, 0.5) is 5.69 Å². The molecule has 0 saturated carbocycles. The largest absolute Gasteiger partial charge is 0.322 e. The molecule has 5 heteroatoms. The van der Waals surface area contributed by atoms with Gasteiger partial charge in [-0.1, -0.05) is 23.7 Å². The van der Waals surface area contributed by atoms with Gasteiger partial charge in [0.1, 0.15) is 0 Å². The summed E-state index contributed by atoms with van der Waals surface area (Å²) in [5.74, 6) is -0.115. The fraction of sp³-hybridized carbons (Fsp3) is 0.381. The first-order valence-corrected chi connectivity index (χ1v) is 9.59. The quantitative estimate of drug-likeness (QED) is 0.862. The molecule has 2 aliphatic heterocycles. The normalized spacial score (nSPS) is 22.8. The molecule has 2 saturated heterocycles. The highest BCUT2D eigenvalue weighted by Crippen LogP contribution is 2.36. The number of hydrogen-bond donors (Lipinski definition) is 2. The lowest BCUT2D eigenvalue weighted by atomic mass is 9.86. The third kappa shape index (κ3) is 3.93. The van der Waals surface area contributed by atoms with Crippen LogP contribution >= 0.6 is 11.6 Å². The van der Waals surface area contributed by atoms with Gasteiger partial charge in [-0.05, 0) is 73.3 Å². The maximum Gasteiger partial charge on any atom is 0.255 e. The van der Waals surface area contributed by atoms with Crippen LogP contribution in [-0.4, -0.2) is 37.0 Å². The molecular formula is C21H24ClN3O. The Labute approximate surface area is 159 Å². The van der Waals surface area contributed by atoms with E-state index in [-0.39, 0.29) is 5.91 Å². The van der Waals surface area contributed by atoms with Gasteiger partial charge in [0.25, 0.3) is 5.91 Å². The molecule has 1 atom stereocenters. The van der Waals surface area contributed by atoms with Gasteiger partial charge < -0.3 is 10.6 Å². The van der Waals surface area contributed by atoms with E-state index in [0.29, 0.717) is 16.0 Å². The number of carbonyl (C=O) groups excluding carboxylic acids is 1. The monoisotopic (exact) mass is 369 g/mol. The Morgan fingerprint density at radius 1 is 1.19 bits per heavy atom. The van der Waals surface area contributed by atoms with Crippen molar-refractivity contribution in [2.45, 2.75) is 19.4 Å². The molecule has 1 unspecified atom stereocenters. The summed E-state index contributed by atoms with van der Waals surface area (Å²) in [6, 6.07) is 15.1. The minimum absolute atomic E-state index is 0.115. The number of likely N-dealkylation sites (tertiary alicyclic amines) is 1. The molecule has 0 aromatic heterocycles. The van der Waals surface area contributed by atoms with Gasteiger partial charge in [-0.3, -0.25) is 9.69 Å². The molecule has 2 N–H and O–H groups in total. The zero-order valence-electron chi connectivity index (χ0n) is 14.8. The van der Waals surface area contributed by atoms with Crippen LogP contribution in [0.5, 0.6) is 0 Å². The standard InChI is InChI=1S/C21H24ClN3O/c22-18-6-4-17(5-7-18)20(26)24-19-3-1-2-16(12-19)13-25-11-9-21(15-25)8-10-23-14-21/h1-7,12,23H,8-11,13-15H2,(H,24,26). The number of anilines is 1. The van der Waals surface area contributed by atoms with Crippen LogP contribution in [0.1, 0.15) is 28.8 Å². The van der Waals surface area contributed by atoms with Gasteiger partial charge in [-0.15, -0.1) is 0 Å². The first-order chi connectivity index (χ1) is 12.6. The Morgan fingerprint density at radius 3 is 2.81 bits per heavy atom.